The SMILES string of the molecule is O=C(C[NH+]1CCN(c2ncccn2)CC1)N1CCC(Cc2ccccc2)CC1. The van der Waals surface area contributed by atoms with Crippen LogP contribution in [0.4, 0.5) is 5.95 Å². The molecule has 0 spiro atoms. The molecule has 1 amide bonds. The third-order valence-electron chi connectivity index (χ3n) is 6.04. The highest BCUT2D eigenvalue weighted by molar-refractivity contribution is 5.77. The van der Waals surface area contributed by atoms with Crippen LogP contribution in [0.2, 0.25) is 0 Å². The van der Waals surface area contributed by atoms with Crippen LogP contribution in [0, 0.1) is 5.92 Å². The van der Waals surface area contributed by atoms with E-state index in [4.69, 9.17) is 0 Å². The number of rotatable bonds is 5. The van der Waals surface area contributed by atoms with Crippen molar-refractivity contribution in [1.82, 2.24) is 14.9 Å². The number of hydrogen-bond donors (Lipinski definition) is 1. The molecule has 148 valence electrons. The van der Waals surface area contributed by atoms with Crippen LogP contribution in [-0.2, 0) is 11.2 Å². The molecule has 3 heterocycles. The minimum atomic E-state index is 0.317. The lowest BCUT2D eigenvalue weighted by Crippen LogP contribution is -3.16. The molecule has 1 N–H and O–H groups in total. The van der Waals surface area contributed by atoms with E-state index in [9.17, 15) is 4.79 Å². The molecule has 0 saturated carbocycles. The van der Waals surface area contributed by atoms with Crippen LogP contribution in [0.3, 0.4) is 0 Å². The van der Waals surface area contributed by atoms with Crippen LogP contribution in [-0.4, -0.2) is 66.6 Å². The van der Waals surface area contributed by atoms with E-state index in [0.29, 0.717) is 18.4 Å². The molecule has 28 heavy (non-hydrogen) atoms. The summed E-state index contributed by atoms with van der Waals surface area (Å²) in [6, 6.07) is 12.6. The van der Waals surface area contributed by atoms with Crippen molar-refractivity contribution in [2.45, 2.75) is 19.3 Å². The minimum absolute atomic E-state index is 0.317. The second kappa shape index (κ2) is 9.15. The number of piperidine rings is 1. The van der Waals surface area contributed by atoms with E-state index < -0.39 is 0 Å². The van der Waals surface area contributed by atoms with Gasteiger partial charge in [-0.1, -0.05) is 30.3 Å². The van der Waals surface area contributed by atoms with Crippen molar-refractivity contribution in [2.24, 2.45) is 5.92 Å². The number of nitrogens with one attached hydrogen (secondary N) is 1. The molecular weight excluding hydrogens is 350 g/mol. The fraction of sp³-hybridized carbons (Fsp3) is 0.500. The molecule has 2 aliphatic rings. The van der Waals surface area contributed by atoms with Gasteiger partial charge in [-0.05, 0) is 36.8 Å². The van der Waals surface area contributed by atoms with Gasteiger partial charge < -0.3 is 14.7 Å². The number of likely N-dealkylation sites (tertiary alicyclic amines) is 1. The standard InChI is InChI=1S/C22H29N5O/c28-21(18-25-13-15-27(16-14-25)22-23-9-4-10-24-22)26-11-7-20(8-12-26)17-19-5-2-1-3-6-19/h1-6,9-10,20H,7-8,11-18H2/p+1. The molecule has 1 aromatic heterocycles. The van der Waals surface area contributed by atoms with Gasteiger partial charge in [0.25, 0.3) is 5.91 Å². The van der Waals surface area contributed by atoms with Crippen molar-refractivity contribution in [3.05, 3.63) is 54.4 Å². The quantitative estimate of drug-likeness (QED) is 0.828. The molecule has 4 rings (SSSR count). The van der Waals surface area contributed by atoms with Crippen LogP contribution in [0.1, 0.15) is 18.4 Å². The van der Waals surface area contributed by atoms with Gasteiger partial charge in [-0.2, -0.15) is 0 Å². The number of anilines is 1. The molecule has 2 fully saturated rings. The van der Waals surface area contributed by atoms with Crippen LogP contribution in [0.25, 0.3) is 0 Å². The van der Waals surface area contributed by atoms with Gasteiger partial charge in [-0.15, -0.1) is 0 Å². The van der Waals surface area contributed by atoms with E-state index in [0.717, 1.165) is 64.5 Å². The molecule has 0 atom stereocenters. The van der Waals surface area contributed by atoms with E-state index in [1.807, 2.05) is 6.07 Å². The summed E-state index contributed by atoms with van der Waals surface area (Å²) in [4.78, 5) is 27.1. The van der Waals surface area contributed by atoms with Crippen molar-refractivity contribution >= 4 is 11.9 Å². The molecule has 2 aromatic rings. The van der Waals surface area contributed by atoms with Crippen molar-refractivity contribution < 1.29 is 9.69 Å². The summed E-state index contributed by atoms with van der Waals surface area (Å²) in [6.07, 6.45) is 6.95. The molecule has 0 unspecified atom stereocenters. The summed E-state index contributed by atoms with van der Waals surface area (Å²) in [5.41, 5.74) is 1.41. The highest BCUT2D eigenvalue weighted by Crippen LogP contribution is 2.21. The third kappa shape index (κ3) is 4.87. The average molecular weight is 381 g/mol. The Labute approximate surface area is 167 Å². The summed E-state index contributed by atoms with van der Waals surface area (Å²) in [7, 11) is 0. The normalized spacial score (nSPS) is 19.0. The van der Waals surface area contributed by atoms with Gasteiger partial charge in [0.2, 0.25) is 5.95 Å². The average Bonchev–Trinajstić information content (AvgIpc) is 2.76. The smallest absolute Gasteiger partial charge is 0.277 e. The predicted octanol–water partition coefficient (Wildman–Crippen LogP) is 0.663. The van der Waals surface area contributed by atoms with Gasteiger partial charge in [-0.25, -0.2) is 9.97 Å². The number of carbonyl (C=O) groups is 1. The molecule has 1 aromatic carbocycles. The van der Waals surface area contributed by atoms with Crippen LogP contribution in [0.5, 0.6) is 0 Å². The lowest BCUT2D eigenvalue weighted by molar-refractivity contribution is -0.892. The van der Waals surface area contributed by atoms with Crippen molar-refractivity contribution in [3.8, 4) is 0 Å². The van der Waals surface area contributed by atoms with Crippen LogP contribution >= 0.6 is 0 Å². The topological polar surface area (TPSA) is 53.8 Å². The monoisotopic (exact) mass is 380 g/mol. The van der Waals surface area contributed by atoms with E-state index in [2.05, 4.69) is 50.1 Å². The van der Waals surface area contributed by atoms with Crippen molar-refractivity contribution in [1.29, 1.82) is 0 Å². The molecule has 2 aliphatic heterocycles. The zero-order valence-electron chi connectivity index (χ0n) is 16.5. The van der Waals surface area contributed by atoms with Gasteiger partial charge in [0.15, 0.2) is 6.54 Å². The highest BCUT2D eigenvalue weighted by atomic mass is 16.2. The second-order valence-electron chi connectivity index (χ2n) is 7.98. The molecule has 0 bridgehead atoms. The van der Waals surface area contributed by atoms with E-state index >= 15 is 0 Å². The number of benzene rings is 1. The summed E-state index contributed by atoms with van der Waals surface area (Å²) in [6.45, 7) is 6.19. The first kappa shape index (κ1) is 18.9. The number of amides is 1. The van der Waals surface area contributed by atoms with E-state index in [-0.39, 0.29) is 0 Å². The highest BCUT2D eigenvalue weighted by Gasteiger charge is 2.28. The van der Waals surface area contributed by atoms with Gasteiger partial charge in [0.1, 0.15) is 0 Å². The third-order valence-corrected chi connectivity index (χ3v) is 6.04. The first-order chi connectivity index (χ1) is 13.8. The zero-order valence-corrected chi connectivity index (χ0v) is 16.5. The Morgan fingerprint density at radius 3 is 2.32 bits per heavy atom. The Balaban J connectivity index is 1.19. The molecule has 6 heteroatoms. The Morgan fingerprint density at radius 1 is 0.964 bits per heavy atom. The Kier molecular flexibility index (Phi) is 6.17. The lowest BCUT2D eigenvalue weighted by Gasteiger charge is -2.35. The number of carbonyl (C=O) groups excluding carboxylic acids is 1. The number of quaternary nitrogens is 1. The first-order valence-electron chi connectivity index (χ1n) is 10.4. The van der Waals surface area contributed by atoms with Crippen LogP contribution in [0.15, 0.2) is 48.8 Å². The maximum absolute atomic E-state index is 12.7. The van der Waals surface area contributed by atoms with Gasteiger partial charge in [-0.3, -0.25) is 4.79 Å². The van der Waals surface area contributed by atoms with Crippen molar-refractivity contribution in [3.63, 3.8) is 0 Å². The fourth-order valence-electron chi connectivity index (χ4n) is 4.31. The summed E-state index contributed by atoms with van der Waals surface area (Å²) in [5, 5.41) is 0. The van der Waals surface area contributed by atoms with Crippen LogP contribution < -0.4 is 9.80 Å². The minimum Gasteiger partial charge on any atom is -0.338 e. The first-order valence-corrected chi connectivity index (χ1v) is 10.4. The Morgan fingerprint density at radius 2 is 1.64 bits per heavy atom. The van der Waals surface area contributed by atoms with E-state index in [1.54, 1.807) is 12.4 Å². The largest absolute Gasteiger partial charge is 0.338 e. The molecule has 6 nitrogen and oxygen atoms in total. The maximum Gasteiger partial charge on any atom is 0.277 e. The van der Waals surface area contributed by atoms with Gasteiger partial charge in [0.05, 0.1) is 26.2 Å². The summed E-state index contributed by atoms with van der Waals surface area (Å²) >= 11 is 0. The zero-order chi connectivity index (χ0) is 19.2. The number of hydrogen-bond acceptors (Lipinski definition) is 4. The lowest BCUT2D eigenvalue weighted by atomic mass is 9.90. The Bertz CT molecular complexity index is 738. The van der Waals surface area contributed by atoms with Crippen molar-refractivity contribution in [2.75, 3.05) is 50.7 Å². The summed E-state index contributed by atoms with van der Waals surface area (Å²) in [5.74, 6) is 1.82. The molecule has 0 aliphatic carbocycles. The fourth-order valence-corrected chi connectivity index (χ4v) is 4.31. The molecular formula is C22H30N5O+. The van der Waals surface area contributed by atoms with Gasteiger partial charge in [0, 0.05) is 25.5 Å². The number of aromatic nitrogens is 2. The van der Waals surface area contributed by atoms with E-state index in [1.165, 1.54) is 10.5 Å². The maximum atomic E-state index is 12.7. The Hall–Kier alpha value is -2.47. The molecule has 0 radical (unpaired) electrons. The molecule has 2 saturated heterocycles. The predicted molar refractivity (Wildman–Crippen MR) is 109 cm³/mol. The second-order valence-corrected chi connectivity index (χ2v) is 7.98. The number of piperazine rings is 1. The van der Waals surface area contributed by atoms with Gasteiger partial charge >= 0.3 is 0 Å². The summed E-state index contributed by atoms with van der Waals surface area (Å²) < 4.78 is 0. The number of nitrogens with zero attached hydrogens (tertiary/aromatic N) is 4.